The molecule has 0 bridgehead atoms. The Kier molecular flexibility index (Phi) is 34.2. The zero-order chi connectivity index (χ0) is 39.5. The van der Waals surface area contributed by atoms with E-state index in [1.54, 1.807) is 38.0 Å². The van der Waals surface area contributed by atoms with Crippen LogP contribution in [-0.2, 0) is 4.79 Å². The first kappa shape index (κ1) is 50.2. The molecule has 0 aliphatic heterocycles. The van der Waals surface area contributed by atoms with Gasteiger partial charge in [-0.1, -0.05) is 63.8 Å². The summed E-state index contributed by atoms with van der Waals surface area (Å²) in [6, 6.07) is 14.1. The number of thioether (sulfide) groups is 1. The van der Waals surface area contributed by atoms with Crippen LogP contribution in [0.2, 0.25) is 0 Å². The number of anilines is 4. The van der Waals surface area contributed by atoms with Crippen molar-refractivity contribution in [3.8, 4) is 30.1 Å². The number of aromatic nitrogens is 2. The van der Waals surface area contributed by atoms with Crippen molar-refractivity contribution in [1.82, 2.24) is 15.3 Å². The molecule has 2 aromatic carbocycles. The molecule has 1 heterocycles. The molecule has 1 aromatic heterocycles. The second-order valence-electron chi connectivity index (χ2n) is 9.35. The van der Waals surface area contributed by atoms with Crippen LogP contribution >= 0.6 is 11.8 Å². The lowest BCUT2D eigenvalue weighted by molar-refractivity contribution is -0.107. The van der Waals surface area contributed by atoms with E-state index >= 15 is 0 Å². The summed E-state index contributed by atoms with van der Waals surface area (Å²) in [5, 5.41) is 16.7. The number of allylic oxidation sites excluding steroid dienone is 3. The van der Waals surface area contributed by atoms with Crippen LogP contribution < -0.4 is 26.4 Å². The number of rotatable bonds is 11. The molecule has 0 atom stereocenters. The number of aliphatic hydroxyl groups excluding tert-OH is 1. The number of hydrogen-bond donors (Lipinski definition) is 5. The highest BCUT2D eigenvalue weighted by Gasteiger charge is 2.09. The fourth-order valence-electron chi connectivity index (χ4n) is 3.53. The van der Waals surface area contributed by atoms with Crippen LogP contribution in [-0.4, -0.2) is 54.9 Å². The second kappa shape index (κ2) is 34.7. The van der Waals surface area contributed by atoms with E-state index in [0.717, 1.165) is 39.6 Å². The van der Waals surface area contributed by atoms with Gasteiger partial charge in [-0.2, -0.15) is 0 Å². The van der Waals surface area contributed by atoms with Crippen molar-refractivity contribution in [3.05, 3.63) is 88.1 Å². The third kappa shape index (κ3) is 24.6. The molecule has 6 N–H and O–H groups in total. The lowest BCUT2D eigenvalue weighted by atomic mass is 10.2. The van der Waals surface area contributed by atoms with Crippen LogP contribution in [0.3, 0.4) is 0 Å². The van der Waals surface area contributed by atoms with Crippen LogP contribution in [0.4, 0.5) is 23.0 Å². The molecule has 0 saturated heterocycles. The summed E-state index contributed by atoms with van der Waals surface area (Å²) < 4.78 is 5.29. The Morgan fingerprint density at radius 1 is 1.00 bits per heavy atom. The molecule has 0 spiro atoms. The summed E-state index contributed by atoms with van der Waals surface area (Å²) in [4.78, 5) is 20.0. The molecule has 278 valence electrons. The highest BCUT2D eigenvalue weighted by Crippen LogP contribution is 2.26. The van der Waals surface area contributed by atoms with E-state index in [1.165, 1.54) is 11.3 Å². The smallest absolute Gasteiger partial charge is 0.174 e. The molecule has 0 unspecified atom stereocenters. The number of nitrogens with two attached hydrogens (primary N) is 1. The van der Waals surface area contributed by atoms with Crippen LogP contribution in [0, 0.1) is 38.2 Å². The predicted molar refractivity (Wildman–Crippen MR) is 225 cm³/mol. The van der Waals surface area contributed by atoms with Gasteiger partial charge in [-0.3, -0.25) is 0 Å². The van der Waals surface area contributed by atoms with Crippen molar-refractivity contribution in [2.24, 2.45) is 0 Å². The Bertz CT molecular complexity index is 1560. The number of carbonyl (C=O) groups excluding carboxylic acids is 1. The number of carbonyl (C=O) groups is 1. The van der Waals surface area contributed by atoms with Gasteiger partial charge in [0.15, 0.2) is 11.6 Å². The first-order valence-corrected chi connectivity index (χ1v) is 17.9. The molecule has 0 radical (unpaired) electrons. The highest BCUT2D eigenvalue weighted by atomic mass is 32.2. The van der Waals surface area contributed by atoms with Crippen molar-refractivity contribution in [2.45, 2.75) is 62.3 Å². The van der Waals surface area contributed by atoms with Crippen LogP contribution in [0.1, 0.15) is 71.0 Å². The van der Waals surface area contributed by atoms with Gasteiger partial charge >= 0.3 is 0 Å². The Balaban J connectivity index is -0.000000685. The van der Waals surface area contributed by atoms with E-state index < -0.39 is 0 Å². The number of aryl methyl sites for hydroxylation is 2. The van der Waals surface area contributed by atoms with Gasteiger partial charge in [0.25, 0.3) is 0 Å². The summed E-state index contributed by atoms with van der Waals surface area (Å²) in [5.74, 6) is 6.33. The molecule has 3 rings (SSSR count). The summed E-state index contributed by atoms with van der Waals surface area (Å²) in [5.41, 5.74) is 12.0. The van der Waals surface area contributed by atoms with Gasteiger partial charge in [0.05, 0.1) is 25.0 Å². The maximum Gasteiger partial charge on any atom is 0.174 e. The third-order valence-corrected chi connectivity index (χ3v) is 6.42. The summed E-state index contributed by atoms with van der Waals surface area (Å²) in [6.07, 6.45) is 18.9. The van der Waals surface area contributed by atoms with E-state index in [9.17, 15) is 4.79 Å². The minimum atomic E-state index is 0.354. The third-order valence-electron chi connectivity index (χ3n) is 5.63. The molecule has 0 saturated carbocycles. The second-order valence-corrected chi connectivity index (χ2v) is 10.3. The maximum absolute atomic E-state index is 9.90. The number of benzene rings is 2. The molecule has 0 fully saturated rings. The first-order valence-electron chi connectivity index (χ1n) is 16.7. The van der Waals surface area contributed by atoms with E-state index in [1.807, 2.05) is 116 Å². The molecule has 10 heteroatoms. The lowest BCUT2D eigenvalue weighted by Gasteiger charge is -2.12. The van der Waals surface area contributed by atoms with Crippen molar-refractivity contribution >= 4 is 53.2 Å². The number of nitrogens with zero attached hydrogens (tertiary/aromatic N) is 2. The Hall–Kier alpha value is -5.16. The largest absolute Gasteiger partial charge is 0.497 e. The number of terminal acetylenes is 1. The normalized spacial score (nSPS) is 9.51. The van der Waals surface area contributed by atoms with Gasteiger partial charge in [-0.05, 0) is 87.6 Å². The highest BCUT2D eigenvalue weighted by molar-refractivity contribution is 8.02. The molecular formula is C41H60N6O3S. The molecule has 0 amide bonds. The van der Waals surface area contributed by atoms with Crippen molar-refractivity contribution < 1.29 is 14.6 Å². The molecule has 0 aliphatic carbocycles. The SMILES string of the molecule is C#C/C=C(/CNCC=O)SC.C/C=C\c1nc(N)c(Nc2cc(C)cc(OC)c2)nc1/C=C\C.CC.CC.CC#CO.CNc1cccc(C)c1. The van der Waals surface area contributed by atoms with Crippen LogP contribution in [0.25, 0.3) is 12.2 Å². The quantitative estimate of drug-likeness (QED) is 0.0743. The molecule has 3 aromatic rings. The number of hydrogen-bond acceptors (Lipinski definition) is 10. The number of aldehydes is 1. The van der Waals surface area contributed by atoms with Crippen molar-refractivity contribution in [3.63, 3.8) is 0 Å². The number of nitrogens with one attached hydrogen (secondary N) is 3. The van der Waals surface area contributed by atoms with E-state index in [2.05, 4.69) is 56.8 Å². The Labute approximate surface area is 312 Å². The van der Waals surface area contributed by atoms with Gasteiger partial charge in [-0.25, -0.2) is 9.97 Å². The molecule has 0 aliphatic rings. The minimum Gasteiger partial charge on any atom is -0.497 e. The predicted octanol–water partition coefficient (Wildman–Crippen LogP) is 9.27. The number of methoxy groups -OCH3 is 1. The van der Waals surface area contributed by atoms with Gasteiger partial charge in [0.2, 0.25) is 0 Å². The molecule has 51 heavy (non-hydrogen) atoms. The van der Waals surface area contributed by atoms with Gasteiger partial charge in [0.1, 0.15) is 18.1 Å². The van der Waals surface area contributed by atoms with Crippen molar-refractivity contribution in [1.29, 1.82) is 0 Å². The number of aliphatic hydroxyl groups is 1. The lowest BCUT2D eigenvalue weighted by Crippen LogP contribution is -2.18. The first-order chi connectivity index (χ1) is 24.7. The standard InChI is InChI=1S/C18H22N4O.C8H11NOS.C8H11N.C3H4O.2C2H6/c1-5-7-15-16(8-6-2)22-18(17(19)21-15)20-13-9-12(3)10-14(11-13)23-4;1-3-4-8(11-2)7-9-5-6-10;1-7-4-3-5-8(6-7)9-2;1-2-3-4;2*1-2/h5-11H,1-4H3,(H2,19,21)(H,20,22);1,4,6,9H,5,7H2,2H3;3-6,9H,1-2H3;4H,1H3;2*1-2H3/b7-5-,8-6-;8-4-;;;;. The maximum atomic E-state index is 9.90. The van der Waals surface area contributed by atoms with Gasteiger partial charge < -0.3 is 36.3 Å². The number of nitrogen functional groups attached to an aromatic ring is 1. The summed E-state index contributed by atoms with van der Waals surface area (Å²) in [7, 11) is 3.57. The Morgan fingerprint density at radius 2 is 1.59 bits per heavy atom. The monoisotopic (exact) mass is 716 g/mol. The fraction of sp³-hybridized carbons (Fsp3) is 0.341. The van der Waals surface area contributed by atoms with E-state index in [4.69, 9.17) is 22.0 Å². The summed E-state index contributed by atoms with van der Waals surface area (Å²) in [6.45, 7) is 18.6. The molecular weight excluding hydrogens is 657 g/mol. The Morgan fingerprint density at radius 3 is 2.04 bits per heavy atom. The average molecular weight is 717 g/mol. The average Bonchev–Trinajstić information content (AvgIpc) is 3.15. The number of ether oxygens (including phenoxy) is 1. The van der Waals surface area contributed by atoms with Gasteiger partial charge in [-0.15, -0.1) is 18.2 Å². The zero-order valence-corrected chi connectivity index (χ0v) is 33.5. The van der Waals surface area contributed by atoms with Crippen LogP contribution in [0.5, 0.6) is 5.75 Å². The summed E-state index contributed by atoms with van der Waals surface area (Å²) >= 11 is 1.59. The van der Waals surface area contributed by atoms with Crippen LogP contribution in [0.15, 0.2) is 65.6 Å². The fourth-order valence-corrected chi connectivity index (χ4v) is 3.96. The van der Waals surface area contributed by atoms with Gasteiger partial charge in [0, 0.05) is 42.9 Å². The minimum absolute atomic E-state index is 0.354. The molecule has 9 nitrogen and oxygen atoms in total. The van der Waals surface area contributed by atoms with E-state index in [0.29, 0.717) is 24.7 Å². The zero-order valence-electron chi connectivity index (χ0n) is 32.6. The topological polar surface area (TPSA) is 134 Å². The van der Waals surface area contributed by atoms with Crippen molar-refractivity contribution in [2.75, 3.05) is 49.9 Å². The van der Waals surface area contributed by atoms with E-state index in [-0.39, 0.29) is 0 Å².